The number of amides is 4. The monoisotopic (exact) mass is 447 g/mol. The van der Waals surface area contributed by atoms with Gasteiger partial charge in [-0.1, -0.05) is 6.07 Å². The molecule has 2 aromatic carbocycles. The molecule has 0 unspecified atom stereocenters. The summed E-state index contributed by atoms with van der Waals surface area (Å²) in [7, 11) is 0. The molecule has 3 heterocycles. The lowest BCUT2D eigenvalue weighted by atomic mass is 10.1. The van der Waals surface area contributed by atoms with E-state index >= 15 is 0 Å². The zero-order chi connectivity index (χ0) is 23.3. The first-order chi connectivity index (χ1) is 15.8. The van der Waals surface area contributed by atoms with Crippen LogP contribution in [0.5, 0.6) is 11.5 Å². The van der Waals surface area contributed by atoms with E-state index in [-0.39, 0.29) is 18.1 Å². The minimum absolute atomic E-state index is 0.0397. The molecule has 2 aliphatic heterocycles. The lowest BCUT2D eigenvalue weighted by Crippen LogP contribution is -2.54. The summed E-state index contributed by atoms with van der Waals surface area (Å²) in [4.78, 5) is 50.2. The van der Waals surface area contributed by atoms with Gasteiger partial charge >= 0.3 is 12.0 Å². The standard InChI is InChI=1S/C23H17N3O7/c1-12(22(29)30)25-7-6-14-8-13(2-4-17(14)25)9-16-20(27)24-23(31)26(21(16)28)15-3-5-18-19(10-15)33-11-32-18/h2-10,12H,11H2,1H3,(H,29,30)(H,24,27,31)/b16-9+/t12-/m0/s1. The van der Waals surface area contributed by atoms with Crippen molar-refractivity contribution in [2.75, 3.05) is 11.7 Å². The molecular formula is C23H17N3O7. The number of aliphatic carboxylic acids is 1. The number of carbonyl (C=O) groups excluding carboxylic acids is 3. The molecule has 33 heavy (non-hydrogen) atoms. The summed E-state index contributed by atoms with van der Waals surface area (Å²) in [5.41, 5.74) is 1.26. The fourth-order valence-corrected chi connectivity index (χ4v) is 3.81. The molecule has 0 saturated carbocycles. The SMILES string of the molecule is C[C@@H](C(=O)O)n1ccc2cc(/C=C3\C(=O)NC(=O)N(c4ccc5c(c4)OCO5)C3=O)ccc21. The van der Waals surface area contributed by atoms with Gasteiger partial charge in [0.1, 0.15) is 11.6 Å². The van der Waals surface area contributed by atoms with Crippen LogP contribution in [0.25, 0.3) is 17.0 Å². The number of hydrogen-bond acceptors (Lipinski definition) is 6. The van der Waals surface area contributed by atoms with Crippen molar-refractivity contribution in [2.24, 2.45) is 0 Å². The number of carbonyl (C=O) groups is 4. The van der Waals surface area contributed by atoms with E-state index in [0.717, 1.165) is 10.3 Å². The number of carboxylic acids is 1. The lowest BCUT2D eigenvalue weighted by Gasteiger charge is -2.26. The molecule has 2 N–H and O–H groups in total. The number of nitrogens with zero attached hydrogens (tertiary/aromatic N) is 2. The molecule has 4 amide bonds. The molecule has 2 aliphatic rings. The number of anilines is 1. The van der Waals surface area contributed by atoms with Gasteiger partial charge in [0.15, 0.2) is 11.5 Å². The molecule has 5 rings (SSSR count). The molecule has 1 fully saturated rings. The molecule has 166 valence electrons. The quantitative estimate of drug-likeness (QED) is 0.465. The summed E-state index contributed by atoms with van der Waals surface area (Å²) in [6.45, 7) is 1.61. The van der Waals surface area contributed by atoms with Crippen molar-refractivity contribution < 1.29 is 33.8 Å². The highest BCUT2D eigenvalue weighted by Crippen LogP contribution is 2.36. The number of fused-ring (bicyclic) bond motifs is 2. The van der Waals surface area contributed by atoms with E-state index in [2.05, 4.69) is 5.32 Å². The van der Waals surface area contributed by atoms with Crippen LogP contribution < -0.4 is 19.7 Å². The minimum Gasteiger partial charge on any atom is -0.480 e. The first kappa shape index (κ1) is 20.3. The number of ether oxygens (including phenoxy) is 2. The van der Waals surface area contributed by atoms with Crippen LogP contribution in [-0.4, -0.2) is 40.3 Å². The van der Waals surface area contributed by atoms with Crippen LogP contribution in [0.15, 0.2) is 54.2 Å². The van der Waals surface area contributed by atoms with Crippen LogP contribution in [0, 0.1) is 0 Å². The number of imide groups is 2. The van der Waals surface area contributed by atoms with Crippen LogP contribution in [0.3, 0.4) is 0 Å². The predicted octanol–water partition coefficient (Wildman–Crippen LogP) is 2.68. The molecule has 1 aromatic heterocycles. The van der Waals surface area contributed by atoms with Gasteiger partial charge in [-0.05, 0) is 48.9 Å². The van der Waals surface area contributed by atoms with E-state index in [1.165, 1.54) is 18.2 Å². The zero-order valence-electron chi connectivity index (χ0n) is 17.3. The van der Waals surface area contributed by atoms with Crippen LogP contribution in [0.4, 0.5) is 10.5 Å². The van der Waals surface area contributed by atoms with Gasteiger partial charge in [-0.2, -0.15) is 0 Å². The van der Waals surface area contributed by atoms with Crippen molar-refractivity contribution in [3.05, 3.63) is 59.8 Å². The van der Waals surface area contributed by atoms with Crippen LogP contribution in [0.2, 0.25) is 0 Å². The largest absolute Gasteiger partial charge is 0.480 e. The molecule has 10 nitrogen and oxygen atoms in total. The Hall–Kier alpha value is -4.60. The van der Waals surface area contributed by atoms with Gasteiger partial charge in [-0.3, -0.25) is 14.9 Å². The maximum atomic E-state index is 13.1. The van der Waals surface area contributed by atoms with Gasteiger partial charge in [0.25, 0.3) is 11.8 Å². The van der Waals surface area contributed by atoms with Crippen molar-refractivity contribution in [3.8, 4) is 11.5 Å². The normalized spacial score (nSPS) is 17.5. The third-order valence-corrected chi connectivity index (χ3v) is 5.55. The third kappa shape index (κ3) is 3.37. The van der Waals surface area contributed by atoms with E-state index in [1.807, 2.05) is 0 Å². The summed E-state index contributed by atoms with van der Waals surface area (Å²) in [5.74, 6) is -1.66. The van der Waals surface area contributed by atoms with Gasteiger partial charge in [0.2, 0.25) is 6.79 Å². The maximum Gasteiger partial charge on any atom is 0.335 e. The van der Waals surface area contributed by atoms with Gasteiger partial charge in [-0.15, -0.1) is 0 Å². The van der Waals surface area contributed by atoms with E-state index < -0.39 is 29.9 Å². The average Bonchev–Trinajstić information content (AvgIpc) is 3.42. The Morgan fingerprint density at radius 1 is 1.09 bits per heavy atom. The number of carboxylic acid groups (broad SMARTS) is 1. The van der Waals surface area contributed by atoms with Gasteiger partial charge < -0.3 is 19.1 Å². The predicted molar refractivity (Wildman–Crippen MR) is 116 cm³/mol. The van der Waals surface area contributed by atoms with Crippen LogP contribution >= 0.6 is 0 Å². The Bertz CT molecular complexity index is 1390. The number of urea groups is 1. The Morgan fingerprint density at radius 2 is 1.88 bits per heavy atom. The molecule has 0 aliphatic carbocycles. The second kappa shape index (κ2) is 7.52. The second-order valence-electron chi connectivity index (χ2n) is 7.55. The highest BCUT2D eigenvalue weighted by Gasteiger charge is 2.37. The van der Waals surface area contributed by atoms with E-state index in [4.69, 9.17) is 9.47 Å². The molecule has 0 radical (unpaired) electrons. The average molecular weight is 447 g/mol. The van der Waals surface area contributed by atoms with Crippen molar-refractivity contribution in [1.82, 2.24) is 9.88 Å². The van der Waals surface area contributed by atoms with Gasteiger partial charge in [-0.25, -0.2) is 14.5 Å². The fourth-order valence-electron chi connectivity index (χ4n) is 3.81. The third-order valence-electron chi connectivity index (χ3n) is 5.55. The highest BCUT2D eigenvalue weighted by atomic mass is 16.7. The number of aromatic nitrogens is 1. The van der Waals surface area contributed by atoms with E-state index in [9.17, 15) is 24.3 Å². The summed E-state index contributed by atoms with van der Waals surface area (Å²) < 4.78 is 12.2. The Kier molecular flexibility index (Phi) is 4.63. The lowest BCUT2D eigenvalue weighted by molar-refractivity contribution is -0.140. The van der Waals surface area contributed by atoms with Crippen molar-refractivity contribution in [1.29, 1.82) is 0 Å². The van der Waals surface area contributed by atoms with Gasteiger partial charge in [0, 0.05) is 23.2 Å². The number of benzene rings is 2. The minimum atomic E-state index is -0.962. The smallest absolute Gasteiger partial charge is 0.335 e. The number of rotatable bonds is 4. The Morgan fingerprint density at radius 3 is 2.67 bits per heavy atom. The first-order valence-corrected chi connectivity index (χ1v) is 9.98. The Balaban J connectivity index is 1.50. The van der Waals surface area contributed by atoms with E-state index in [0.29, 0.717) is 22.6 Å². The van der Waals surface area contributed by atoms with Crippen LogP contribution in [0.1, 0.15) is 18.5 Å². The molecule has 0 bridgehead atoms. The van der Waals surface area contributed by atoms with Crippen molar-refractivity contribution >= 4 is 46.5 Å². The number of barbiturate groups is 1. The second-order valence-corrected chi connectivity index (χ2v) is 7.55. The molecule has 3 aromatic rings. The molecular weight excluding hydrogens is 430 g/mol. The summed E-state index contributed by atoms with van der Waals surface area (Å²) in [6.07, 6.45) is 3.06. The molecule has 0 spiro atoms. The zero-order valence-corrected chi connectivity index (χ0v) is 17.3. The highest BCUT2D eigenvalue weighted by molar-refractivity contribution is 6.39. The number of hydrogen-bond donors (Lipinski definition) is 2. The number of nitrogens with one attached hydrogen (secondary N) is 1. The summed E-state index contributed by atoms with van der Waals surface area (Å²) >= 11 is 0. The fraction of sp³-hybridized carbons (Fsp3) is 0.130. The van der Waals surface area contributed by atoms with E-state index in [1.54, 1.807) is 48.0 Å². The molecule has 1 atom stereocenters. The van der Waals surface area contributed by atoms with Crippen molar-refractivity contribution in [2.45, 2.75) is 13.0 Å². The van der Waals surface area contributed by atoms with Crippen molar-refractivity contribution in [3.63, 3.8) is 0 Å². The van der Waals surface area contributed by atoms with Gasteiger partial charge in [0.05, 0.1) is 5.69 Å². The summed E-state index contributed by atoms with van der Waals surface area (Å²) in [5, 5.41) is 12.2. The van der Waals surface area contributed by atoms with Crippen LogP contribution in [-0.2, 0) is 14.4 Å². The maximum absolute atomic E-state index is 13.1. The topological polar surface area (TPSA) is 127 Å². The first-order valence-electron chi connectivity index (χ1n) is 9.98. The molecule has 1 saturated heterocycles. The summed E-state index contributed by atoms with van der Waals surface area (Å²) in [6, 6.07) is 9.85. The Labute approximate surface area is 186 Å². The molecule has 10 heteroatoms.